The largest absolute Gasteiger partial charge is 0.480 e. The van der Waals surface area contributed by atoms with Gasteiger partial charge in [0.15, 0.2) is 0 Å². The van der Waals surface area contributed by atoms with Gasteiger partial charge in [-0.1, -0.05) is 38.5 Å². The van der Waals surface area contributed by atoms with Crippen molar-refractivity contribution < 1.29 is 29.4 Å². The monoisotopic (exact) mass is 501 g/mol. The van der Waals surface area contributed by atoms with Crippen molar-refractivity contribution in [2.75, 3.05) is 13.2 Å². The van der Waals surface area contributed by atoms with E-state index < -0.39 is 54.5 Å². The minimum absolute atomic E-state index is 0.217. The molecule has 7 N–H and O–H groups in total. The summed E-state index contributed by atoms with van der Waals surface area (Å²) in [5.41, 5.74) is 7.85. The molecule has 5 unspecified atom stereocenters. The highest BCUT2D eigenvalue weighted by Gasteiger charge is 2.39. The lowest BCUT2D eigenvalue weighted by Gasteiger charge is -2.31. The third-order valence-electron chi connectivity index (χ3n) is 6.86. The van der Waals surface area contributed by atoms with Crippen molar-refractivity contribution in [3.05, 3.63) is 36.0 Å². The number of fused-ring (bicyclic) bond motifs is 1. The molecular formula is C25H35N5O6. The molecule has 1 fully saturated rings. The van der Waals surface area contributed by atoms with E-state index in [2.05, 4.69) is 15.6 Å². The summed E-state index contributed by atoms with van der Waals surface area (Å²) in [6, 6.07) is 3.38. The topological polar surface area (TPSA) is 178 Å². The van der Waals surface area contributed by atoms with Crippen LogP contribution >= 0.6 is 0 Å². The Balaban J connectivity index is 1.66. The highest BCUT2D eigenvalue weighted by molar-refractivity contribution is 5.94. The van der Waals surface area contributed by atoms with E-state index in [-0.39, 0.29) is 12.3 Å². The van der Waals surface area contributed by atoms with Crippen molar-refractivity contribution in [1.82, 2.24) is 20.5 Å². The van der Waals surface area contributed by atoms with Gasteiger partial charge in [-0.25, -0.2) is 4.79 Å². The maximum atomic E-state index is 13.2. The minimum Gasteiger partial charge on any atom is -0.480 e. The van der Waals surface area contributed by atoms with Crippen molar-refractivity contribution >= 4 is 34.6 Å². The number of aromatic nitrogens is 1. The van der Waals surface area contributed by atoms with E-state index in [9.17, 15) is 29.4 Å². The van der Waals surface area contributed by atoms with Crippen LogP contribution < -0.4 is 16.4 Å². The molecule has 3 rings (SSSR count). The van der Waals surface area contributed by atoms with E-state index in [0.717, 1.165) is 16.5 Å². The summed E-state index contributed by atoms with van der Waals surface area (Å²) in [5.74, 6) is -3.22. The number of likely N-dealkylation sites (tertiary alicyclic amines) is 1. The van der Waals surface area contributed by atoms with Gasteiger partial charge < -0.3 is 36.5 Å². The molecule has 1 saturated heterocycles. The number of aliphatic hydroxyl groups excluding tert-OH is 1. The first-order valence-electron chi connectivity index (χ1n) is 12.2. The number of carbonyl (C=O) groups is 4. The van der Waals surface area contributed by atoms with Gasteiger partial charge in [0.05, 0.1) is 12.6 Å². The Kier molecular flexibility index (Phi) is 9.05. The second-order valence-corrected chi connectivity index (χ2v) is 9.31. The first kappa shape index (κ1) is 27.2. The lowest BCUT2D eigenvalue weighted by molar-refractivity contribution is -0.150. The average molecular weight is 502 g/mol. The Morgan fingerprint density at radius 2 is 1.92 bits per heavy atom. The van der Waals surface area contributed by atoms with Gasteiger partial charge in [-0.15, -0.1) is 0 Å². The van der Waals surface area contributed by atoms with E-state index in [0.29, 0.717) is 25.8 Å². The van der Waals surface area contributed by atoms with Crippen LogP contribution in [-0.2, 0) is 25.6 Å². The van der Waals surface area contributed by atoms with Gasteiger partial charge in [0.1, 0.15) is 18.1 Å². The smallest absolute Gasteiger partial charge is 0.326 e. The van der Waals surface area contributed by atoms with Gasteiger partial charge >= 0.3 is 5.97 Å². The van der Waals surface area contributed by atoms with Crippen molar-refractivity contribution in [3.63, 3.8) is 0 Å². The number of nitrogens with one attached hydrogen (secondary N) is 3. The Hall–Kier alpha value is -3.44. The number of hydrogen-bond acceptors (Lipinski definition) is 6. The summed E-state index contributed by atoms with van der Waals surface area (Å²) in [5, 5.41) is 25.3. The van der Waals surface area contributed by atoms with Crippen LogP contribution in [-0.4, -0.2) is 81.1 Å². The lowest BCUT2D eigenvalue weighted by Crippen LogP contribution is -2.59. The van der Waals surface area contributed by atoms with Crippen molar-refractivity contribution in [2.24, 2.45) is 11.7 Å². The molecule has 5 atom stereocenters. The van der Waals surface area contributed by atoms with Gasteiger partial charge in [-0.05, 0) is 36.8 Å². The highest BCUT2D eigenvalue weighted by atomic mass is 16.4. The zero-order chi connectivity index (χ0) is 26.4. The van der Waals surface area contributed by atoms with Crippen LogP contribution in [0.3, 0.4) is 0 Å². The number of nitrogens with two attached hydrogens (primary N) is 1. The number of aliphatic hydroxyl groups is 1. The zero-order valence-corrected chi connectivity index (χ0v) is 20.6. The molecule has 2 heterocycles. The normalized spacial score (nSPS) is 18.9. The summed E-state index contributed by atoms with van der Waals surface area (Å²) in [4.78, 5) is 54.9. The molecule has 1 aromatic heterocycles. The standard InChI is InChI=1S/C25H35N5O6/c1-3-14(2)21(24(34)30-10-6-9-20(30)25(35)36)29-23(33)19(13-31)28-22(32)17(26)11-15-12-27-18-8-5-4-7-16(15)18/h4-5,7-8,12,14,17,19-21,27,31H,3,6,9-11,13,26H2,1-2H3,(H,28,32)(H,29,33)(H,35,36). The average Bonchev–Trinajstić information content (AvgIpc) is 3.52. The fourth-order valence-electron chi connectivity index (χ4n) is 4.51. The van der Waals surface area contributed by atoms with E-state index in [1.54, 1.807) is 13.1 Å². The van der Waals surface area contributed by atoms with E-state index in [4.69, 9.17) is 5.73 Å². The van der Waals surface area contributed by atoms with Crippen LogP contribution in [0.4, 0.5) is 0 Å². The summed E-state index contributed by atoms with van der Waals surface area (Å²) in [6.07, 6.45) is 3.46. The summed E-state index contributed by atoms with van der Waals surface area (Å²) in [7, 11) is 0. The number of carbonyl (C=O) groups excluding carboxylic acids is 3. The molecule has 196 valence electrons. The highest BCUT2D eigenvalue weighted by Crippen LogP contribution is 2.22. The number of para-hydroxylation sites is 1. The summed E-state index contributed by atoms with van der Waals surface area (Å²) < 4.78 is 0. The van der Waals surface area contributed by atoms with E-state index in [1.807, 2.05) is 31.2 Å². The van der Waals surface area contributed by atoms with Crippen LogP contribution in [0.5, 0.6) is 0 Å². The molecule has 1 aromatic carbocycles. The second-order valence-electron chi connectivity index (χ2n) is 9.31. The molecule has 1 aliphatic heterocycles. The fraction of sp³-hybridized carbons (Fsp3) is 0.520. The maximum Gasteiger partial charge on any atom is 0.326 e. The van der Waals surface area contributed by atoms with Crippen molar-refractivity contribution in [1.29, 1.82) is 0 Å². The van der Waals surface area contributed by atoms with Gasteiger partial charge in [0, 0.05) is 23.6 Å². The Morgan fingerprint density at radius 1 is 1.19 bits per heavy atom. The molecule has 11 nitrogen and oxygen atoms in total. The van der Waals surface area contributed by atoms with Gasteiger partial charge in [-0.3, -0.25) is 14.4 Å². The Labute approximate surface area is 209 Å². The number of rotatable bonds is 11. The van der Waals surface area contributed by atoms with Crippen LogP contribution in [0.1, 0.15) is 38.7 Å². The van der Waals surface area contributed by atoms with E-state index >= 15 is 0 Å². The summed E-state index contributed by atoms with van der Waals surface area (Å²) >= 11 is 0. The zero-order valence-electron chi connectivity index (χ0n) is 20.6. The van der Waals surface area contributed by atoms with Crippen LogP contribution in [0.15, 0.2) is 30.5 Å². The molecule has 0 bridgehead atoms. The number of amides is 3. The van der Waals surface area contributed by atoms with Crippen molar-refractivity contribution in [2.45, 2.75) is 63.7 Å². The van der Waals surface area contributed by atoms with Crippen LogP contribution in [0.25, 0.3) is 10.9 Å². The first-order valence-corrected chi connectivity index (χ1v) is 12.2. The van der Waals surface area contributed by atoms with Gasteiger partial charge in [-0.2, -0.15) is 0 Å². The predicted molar refractivity (Wildman–Crippen MR) is 133 cm³/mol. The third kappa shape index (κ3) is 6.03. The molecular weight excluding hydrogens is 466 g/mol. The molecule has 1 aliphatic rings. The number of H-pyrrole nitrogens is 1. The molecule has 0 spiro atoms. The predicted octanol–water partition coefficient (Wildman–Crippen LogP) is 0.121. The summed E-state index contributed by atoms with van der Waals surface area (Å²) in [6.45, 7) is 3.23. The van der Waals surface area contributed by atoms with Crippen molar-refractivity contribution in [3.8, 4) is 0 Å². The number of hydrogen-bond donors (Lipinski definition) is 6. The number of aliphatic carboxylic acids is 1. The van der Waals surface area contributed by atoms with Crippen LogP contribution in [0.2, 0.25) is 0 Å². The van der Waals surface area contributed by atoms with Gasteiger partial charge in [0.2, 0.25) is 17.7 Å². The van der Waals surface area contributed by atoms with Crippen LogP contribution in [0, 0.1) is 5.92 Å². The molecule has 11 heteroatoms. The van der Waals surface area contributed by atoms with Gasteiger partial charge in [0.25, 0.3) is 0 Å². The third-order valence-corrected chi connectivity index (χ3v) is 6.86. The first-order chi connectivity index (χ1) is 17.2. The maximum absolute atomic E-state index is 13.2. The Morgan fingerprint density at radius 3 is 2.58 bits per heavy atom. The molecule has 0 radical (unpaired) electrons. The number of benzene rings is 1. The molecule has 0 saturated carbocycles. The second kappa shape index (κ2) is 12.0. The molecule has 36 heavy (non-hydrogen) atoms. The Bertz CT molecular complexity index is 1100. The molecule has 3 amide bonds. The molecule has 0 aliphatic carbocycles. The number of carboxylic acids is 1. The minimum atomic E-state index is -1.32. The number of nitrogens with zero attached hydrogens (tertiary/aromatic N) is 1. The quantitative estimate of drug-likeness (QED) is 0.253. The number of carboxylic acid groups (broad SMARTS) is 1. The fourth-order valence-corrected chi connectivity index (χ4v) is 4.51. The number of aromatic amines is 1. The SMILES string of the molecule is CCC(C)C(NC(=O)C(CO)NC(=O)C(N)Cc1c[nH]c2ccccc12)C(=O)N1CCCC1C(=O)O. The molecule has 2 aromatic rings. The lowest BCUT2D eigenvalue weighted by atomic mass is 9.97. The van der Waals surface area contributed by atoms with E-state index in [1.165, 1.54) is 4.90 Å².